The molecule has 70 valence electrons. The van der Waals surface area contributed by atoms with Crippen molar-refractivity contribution in [3.05, 3.63) is 35.9 Å². The van der Waals surface area contributed by atoms with Gasteiger partial charge < -0.3 is 10.5 Å². The van der Waals surface area contributed by atoms with Crippen LogP contribution in [0.2, 0.25) is 0 Å². The van der Waals surface area contributed by atoms with Crippen LogP contribution in [0.4, 0.5) is 0 Å². The second kappa shape index (κ2) is 3.90. The van der Waals surface area contributed by atoms with Crippen molar-refractivity contribution in [3.8, 4) is 0 Å². The average molecular weight is 177 g/mol. The molecular formula is C11H15NO. The summed E-state index contributed by atoms with van der Waals surface area (Å²) in [6.45, 7) is 1.57. The highest BCUT2D eigenvalue weighted by molar-refractivity contribution is 5.19. The number of benzene rings is 1. The maximum Gasteiger partial charge on any atom is 0.0865 e. The summed E-state index contributed by atoms with van der Waals surface area (Å²) in [6.07, 6.45) is 1.32. The molecule has 2 nitrogen and oxygen atoms in total. The summed E-state index contributed by atoms with van der Waals surface area (Å²) in [5.41, 5.74) is 6.94. The third-order valence-electron chi connectivity index (χ3n) is 2.65. The Bertz CT molecular complexity index is 260. The average Bonchev–Trinajstić information content (AvgIpc) is 2.67. The number of nitrogens with two attached hydrogens (primary N) is 1. The van der Waals surface area contributed by atoms with Crippen LogP contribution < -0.4 is 5.73 Å². The van der Waals surface area contributed by atoms with Gasteiger partial charge in [0.1, 0.15) is 0 Å². The maximum atomic E-state index is 5.68. The van der Waals surface area contributed by atoms with Crippen molar-refractivity contribution >= 4 is 0 Å². The predicted octanol–water partition coefficient (Wildman–Crippen LogP) is 1.72. The van der Waals surface area contributed by atoms with E-state index in [2.05, 4.69) is 12.1 Å². The molecule has 2 unspecified atom stereocenters. The largest absolute Gasteiger partial charge is 0.373 e. The Kier molecular flexibility index (Phi) is 2.62. The van der Waals surface area contributed by atoms with Gasteiger partial charge in [-0.2, -0.15) is 0 Å². The molecule has 0 aliphatic carbocycles. The first-order valence-corrected chi connectivity index (χ1v) is 4.78. The van der Waals surface area contributed by atoms with Crippen LogP contribution in [-0.2, 0) is 4.74 Å². The predicted molar refractivity (Wildman–Crippen MR) is 52.3 cm³/mol. The van der Waals surface area contributed by atoms with Crippen LogP contribution in [0.1, 0.15) is 18.1 Å². The van der Waals surface area contributed by atoms with Crippen molar-refractivity contribution < 1.29 is 4.74 Å². The fourth-order valence-corrected chi connectivity index (χ4v) is 1.89. The standard InChI is InChI=1S/C11H15NO/c12-8-10-6-7-13-11(10)9-4-2-1-3-5-9/h1-5,10-11H,6-8,12H2. The molecule has 0 aromatic heterocycles. The molecular weight excluding hydrogens is 162 g/mol. The summed E-state index contributed by atoms with van der Waals surface area (Å²) in [5, 5.41) is 0. The summed E-state index contributed by atoms with van der Waals surface area (Å²) in [6, 6.07) is 10.3. The van der Waals surface area contributed by atoms with Gasteiger partial charge in [0.15, 0.2) is 0 Å². The van der Waals surface area contributed by atoms with Crippen molar-refractivity contribution in [1.82, 2.24) is 0 Å². The molecule has 2 heteroatoms. The maximum absolute atomic E-state index is 5.68. The van der Waals surface area contributed by atoms with Crippen LogP contribution in [0.3, 0.4) is 0 Å². The molecule has 2 rings (SSSR count). The smallest absolute Gasteiger partial charge is 0.0865 e. The Labute approximate surface area is 78.7 Å². The molecule has 1 heterocycles. The summed E-state index contributed by atoms with van der Waals surface area (Å²) >= 11 is 0. The second-order valence-electron chi connectivity index (χ2n) is 3.49. The topological polar surface area (TPSA) is 35.2 Å². The van der Waals surface area contributed by atoms with E-state index in [0.717, 1.165) is 19.6 Å². The monoisotopic (exact) mass is 177 g/mol. The normalized spacial score (nSPS) is 27.8. The lowest BCUT2D eigenvalue weighted by atomic mass is 9.96. The molecule has 0 radical (unpaired) electrons. The lowest BCUT2D eigenvalue weighted by Gasteiger charge is -2.16. The SMILES string of the molecule is NCC1CCOC1c1ccccc1. The first-order chi connectivity index (χ1) is 6.42. The van der Waals surface area contributed by atoms with Gasteiger partial charge in [0, 0.05) is 12.5 Å². The number of rotatable bonds is 2. The minimum Gasteiger partial charge on any atom is -0.373 e. The molecule has 1 saturated heterocycles. The fraction of sp³-hybridized carbons (Fsp3) is 0.455. The van der Waals surface area contributed by atoms with E-state index in [1.165, 1.54) is 5.56 Å². The quantitative estimate of drug-likeness (QED) is 0.746. The highest BCUT2D eigenvalue weighted by atomic mass is 16.5. The number of ether oxygens (including phenoxy) is 1. The molecule has 13 heavy (non-hydrogen) atoms. The van der Waals surface area contributed by atoms with E-state index in [0.29, 0.717) is 5.92 Å². The van der Waals surface area contributed by atoms with E-state index in [1.807, 2.05) is 18.2 Å². The van der Waals surface area contributed by atoms with E-state index < -0.39 is 0 Å². The van der Waals surface area contributed by atoms with Crippen LogP contribution in [0.25, 0.3) is 0 Å². The van der Waals surface area contributed by atoms with Crippen molar-refractivity contribution in [2.75, 3.05) is 13.2 Å². The van der Waals surface area contributed by atoms with E-state index >= 15 is 0 Å². The Morgan fingerprint density at radius 3 is 2.77 bits per heavy atom. The van der Waals surface area contributed by atoms with Crippen LogP contribution >= 0.6 is 0 Å². The Morgan fingerprint density at radius 2 is 2.08 bits per heavy atom. The van der Waals surface area contributed by atoms with Gasteiger partial charge in [-0.1, -0.05) is 30.3 Å². The molecule has 1 aliphatic heterocycles. The molecule has 1 fully saturated rings. The number of hydrogen-bond donors (Lipinski definition) is 1. The highest BCUT2D eigenvalue weighted by Gasteiger charge is 2.27. The van der Waals surface area contributed by atoms with Gasteiger partial charge in [0.25, 0.3) is 0 Å². The van der Waals surface area contributed by atoms with Gasteiger partial charge in [-0.05, 0) is 18.5 Å². The van der Waals surface area contributed by atoms with E-state index in [1.54, 1.807) is 0 Å². The van der Waals surface area contributed by atoms with Gasteiger partial charge in [-0.15, -0.1) is 0 Å². The summed E-state index contributed by atoms with van der Waals surface area (Å²) in [5.74, 6) is 0.502. The Hall–Kier alpha value is -0.860. The van der Waals surface area contributed by atoms with Crippen LogP contribution in [0.15, 0.2) is 30.3 Å². The van der Waals surface area contributed by atoms with Gasteiger partial charge in [-0.3, -0.25) is 0 Å². The third kappa shape index (κ3) is 1.74. The van der Waals surface area contributed by atoms with E-state index in [9.17, 15) is 0 Å². The van der Waals surface area contributed by atoms with E-state index in [-0.39, 0.29) is 6.10 Å². The molecule has 1 aromatic carbocycles. The second-order valence-corrected chi connectivity index (χ2v) is 3.49. The third-order valence-corrected chi connectivity index (χ3v) is 2.65. The van der Waals surface area contributed by atoms with Crippen LogP contribution in [-0.4, -0.2) is 13.2 Å². The summed E-state index contributed by atoms with van der Waals surface area (Å²) in [4.78, 5) is 0. The summed E-state index contributed by atoms with van der Waals surface area (Å²) in [7, 11) is 0. The van der Waals surface area contributed by atoms with Gasteiger partial charge >= 0.3 is 0 Å². The molecule has 0 spiro atoms. The zero-order chi connectivity index (χ0) is 9.10. The van der Waals surface area contributed by atoms with E-state index in [4.69, 9.17) is 10.5 Å². The molecule has 1 aliphatic rings. The molecule has 1 aromatic rings. The highest BCUT2D eigenvalue weighted by Crippen LogP contribution is 2.33. The van der Waals surface area contributed by atoms with Crippen molar-refractivity contribution in [2.45, 2.75) is 12.5 Å². The lowest BCUT2D eigenvalue weighted by molar-refractivity contribution is 0.0925. The Balaban J connectivity index is 2.16. The molecule has 0 amide bonds. The minimum atomic E-state index is 0.228. The van der Waals surface area contributed by atoms with Gasteiger partial charge in [-0.25, -0.2) is 0 Å². The molecule has 2 N–H and O–H groups in total. The van der Waals surface area contributed by atoms with Crippen LogP contribution in [0, 0.1) is 5.92 Å². The first kappa shape index (κ1) is 8.73. The Morgan fingerprint density at radius 1 is 1.31 bits per heavy atom. The van der Waals surface area contributed by atoms with Gasteiger partial charge in [0.05, 0.1) is 6.10 Å². The van der Waals surface area contributed by atoms with Crippen LogP contribution in [0.5, 0.6) is 0 Å². The summed E-state index contributed by atoms with van der Waals surface area (Å²) < 4.78 is 5.66. The lowest BCUT2D eigenvalue weighted by Crippen LogP contribution is -2.17. The first-order valence-electron chi connectivity index (χ1n) is 4.78. The molecule has 0 bridgehead atoms. The van der Waals surface area contributed by atoms with Gasteiger partial charge in [0.2, 0.25) is 0 Å². The molecule has 0 saturated carbocycles. The van der Waals surface area contributed by atoms with Crippen molar-refractivity contribution in [3.63, 3.8) is 0 Å². The minimum absolute atomic E-state index is 0.228. The van der Waals surface area contributed by atoms with Crippen molar-refractivity contribution in [2.24, 2.45) is 11.7 Å². The number of hydrogen-bond acceptors (Lipinski definition) is 2. The fourth-order valence-electron chi connectivity index (χ4n) is 1.89. The zero-order valence-electron chi connectivity index (χ0n) is 7.65. The van der Waals surface area contributed by atoms with Crippen molar-refractivity contribution in [1.29, 1.82) is 0 Å². The zero-order valence-corrected chi connectivity index (χ0v) is 7.65. The molecule has 2 atom stereocenters.